The number of likely N-dealkylation sites (N-methyl/N-ethyl adjacent to an activating group) is 1. The highest BCUT2D eigenvalue weighted by atomic mass is 16.5. The highest BCUT2D eigenvalue weighted by Crippen LogP contribution is 1.95. The molecule has 1 N–H and O–H groups in total. The molecule has 0 bridgehead atoms. The summed E-state index contributed by atoms with van der Waals surface area (Å²) in [6, 6.07) is 0. The van der Waals surface area contributed by atoms with E-state index < -0.39 is 0 Å². The van der Waals surface area contributed by atoms with Crippen molar-refractivity contribution in [2.45, 2.75) is 33.1 Å². The molecule has 0 aromatic carbocycles. The molecule has 15 heavy (non-hydrogen) atoms. The maximum absolute atomic E-state index is 5.59. The molecule has 0 saturated carbocycles. The quantitative estimate of drug-likeness (QED) is 0.532. The summed E-state index contributed by atoms with van der Waals surface area (Å²) in [6.07, 6.45) is 3.72. The molecule has 0 atom stereocenters. The molecule has 0 aliphatic heterocycles. The third kappa shape index (κ3) is 10.2. The van der Waals surface area contributed by atoms with E-state index in [0.29, 0.717) is 0 Å². The van der Waals surface area contributed by atoms with Crippen LogP contribution in [0.1, 0.15) is 33.1 Å². The molecule has 0 rings (SSSR count). The second-order valence-corrected chi connectivity index (χ2v) is 3.80. The van der Waals surface area contributed by atoms with Gasteiger partial charge < -0.3 is 15.0 Å². The number of hydrogen-bond donors (Lipinski definition) is 1. The number of ether oxygens (including phenoxy) is 1. The first kappa shape index (κ1) is 14.9. The zero-order chi connectivity index (χ0) is 11.4. The topological polar surface area (TPSA) is 24.5 Å². The summed E-state index contributed by atoms with van der Waals surface area (Å²) in [7, 11) is 2.00. The zero-order valence-electron chi connectivity index (χ0n) is 10.7. The fourth-order valence-corrected chi connectivity index (χ4v) is 1.52. The molecule has 0 aromatic heterocycles. The van der Waals surface area contributed by atoms with Gasteiger partial charge in [0.15, 0.2) is 0 Å². The van der Waals surface area contributed by atoms with Gasteiger partial charge in [-0.25, -0.2) is 0 Å². The van der Waals surface area contributed by atoms with Crippen molar-refractivity contribution in [3.05, 3.63) is 0 Å². The van der Waals surface area contributed by atoms with Gasteiger partial charge in [0, 0.05) is 13.2 Å². The average Bonchev–Trinajstić information content (AvgIpc) is 2.27. The number of nitrogens with zero attached hydrogens (tertiary/aromatic N) is 1. The van der Waals surface area contributed by atoms with Crippen LogP contribution in [0, 0.1) is 0 Å². The lowest BCUT2D eigenvalue weighted by atomic mass is 10.2. The van der Waals surface area contributed by atoms with E-state index >= 15 is 0 Å². The molecular formula is C12H28N2O. The second kappa shape index (κ2) is 12.0. The van der Waals surface area contributed by atoms with Crippen molar-refractivity contribution >= 4 is 0 Å². The Balaban J connectivity index is 3.04. The van der Waals surface area contributed by atoms with Gasteiger partial charge in [-0.3, -0.25) is 0 Å². The Morgan fingerprint density at radius 2 is 1.73 bits per heavy atom. The minimum absolute atomic E-state index is 0.883. The predicted molar refractivity (Wildman–Crippen MR) is 66.4 cm³/mol. The van der Waals surface area contributed by atoms with Gasteiger partial charge in [0.05, 0.1) is 6.61 Å². The van der Waals surface area contributed by atoms with E-state index in [1.165, 1.54) is 19.3 Å². The summed E-state index contributed by atoms with van der Waals surface area (Å²) in [5, 5.41) is 3.15. The van der Waals surface area contributed by atoms with Crippen molar-refractivity contribution in [2.75, 3.05) is 46.4 Å². The third-order valence-electron chi connectivity index (χ3n) is 2.66. The van der Waals surface area contributed by atoms with Gasteiger partial charge in [0.1, 0.15) is 0 Å². The first-order valence-electron chi connectivity index (χ1n) is 6.29. The summed E-state index contributed by atoms with van der Waals surface area (Å²) in [4.78, 5) is 2.39. The largest absolute Gasteiger partial charge is 0.380 e. The number of nitrogens with one attached hydrogen (secondary N) is 1. The number of unbranched alkanes of at least 4 members (excludes halogenated alkanes) is 2. The lowest BCUT2D eigenvalue weighted by molar-refractivity contribution is 0.104. The van der Waals surface area contributed by atoms with E-state index in [2.05, 4.69) is 24.1 Å². The minimum Gasteiger partial charge on any atom is -0.380 e. The van der Waals surface area contributed by atoms with Gasteiger partial charge in [-0.2, -0.15) is 0 Å². The SMILES string of the molecule is CCN(CC)CCOCCCCCNC. The Kier molecular flexibility index (Phi) is 11.9. The van der Waals surface area contributed by atoms with Crippen LogP contribution in [-0.4, -0.2) is 51.3 Å². The standard InChI is InChI=1S/C12H28N2O/c1-4-14(5-2)10-12-15-11-8-6-7-9-13-3/h13H,4-12H2,1-3H3. The summed E-state index contributed by atoms with van der Waals surface area (Å²) in [5.41, 5.74) is 0. The fourth-order valence-electron chi connectivity index (χ4n) is 1.52. The van der Waals surface area contributed by atoms with E-state index in [4.69, 9.17) is 4.74 Å². The number of hydrogen-bond acceptors (Lipinski definition) is 3. The zero-order valence-corrected chi connectivity index (χ0v) is 10.7. The van der Waals surface area contributed by atoms with E-state index in [-0.39, 0.29) is 0 Å². The summed E-state index contributed by atoms with van der Waals surface area (Å²) in [6.45, 7) is 10.6. The van der Waals surface area contributed by atoms with Crippen LogP contribution in [0.3, 0.4) is 0 Å². The van der Waals surface area contributed by atoms with Crippen molar-refractivity contribution in [3.8, 4) is 0 Å². The first-order chi connectivity index (χ1) is 7.35. The monoisotopic (exact) mass is 216 g/mol. The lowest BCUT2D eigenvalue weighted by Gasteiger charge is -2.17. The maximum Gasteiger partial charge on any atom is 0.0593 e. The Morgan fingerprint density at radius 1 is 1.00 bits per heavy atom. The molecule has 0 aliphatic rings. The smallest absolute Gasteiger partial charge is 0.0593 e. The normalized spacial score (nSPS) is 11.2. The lowest BCUT2D eigenvalue weighted by Crippen LogP contribution is -2.27. The van der Waals surface area contributed by atoms with Gasteiger partial charge in [-0.15, -0.1) is 0 Å². The van der Waals surface area contributed by atoms with Crippen LogP contribution in [0.15, 0.2) is 0 Å². The molecule has 3 heteroatoms. The average molecular weight is 216 g/mol. The first-order valence-corrected chi connectivity index (χ1v) is 6.29. The van der Waals surface area contributed by atoms with E-state index in [1.807, 2.05) is 7.05 Å². The molecule has 0 radical (unpaired) electrons. The van der Waals surface area contributed by atoms with Crippen LogP contribution >= 0.6 is 0 Å². The molecule has 0 amide bonds. The minimum atomic E-state index is 0.883. The van der Waals surface area contributed by atoms with Gasteiger partial charge in [-0.05, 0) is 45.9 Å². The Bertz CT molecular complexity index is 116. The van der Waals surface area contributed by atoms with Crippen LogP contribution in [-0.2, 0) is 4.74 Å². The second-order valence-electron chi connectivity index (χ2n) is 3.80. The molecule has 0 aromatic rings. The molecule has 0 unspecified atom stereocenters. The molecule has 0 aliphatic carbocycles. The molecular weight excluding hydrogens is 188 g/mol. The molecule has 0 saturated heterocycles. The van der Waals surface area contributed by atoms with Crippen LogP contribution < -0.4 is 5.32 Å². The molecule has 3 nitrogen and oxygen atoms in total. The van der Waals surface area contributed by atoms with E-state index in [9.17, 15) is 0 Å². The van der Waals surface area contributed by atoms with Crippen molar-refractivity contribution in [1.29, 1.82) is 0 Å². The Morgan fingerprint density at radius 3 is 2.33 bits per heavy atom. The van der Waals surface area contributed by atoms with Crippen molar-refractivity contribution in [1.82, 2.24) is 10.2 Å². The maximum atomic E-state index is 5.59. The van der Waals surface area contributed by atoms with Gasteiger partial charge >= 0.3 is 0 Å². The van der Waals surface area contributed by atoms with Crippen molar-refractivity contribution in [2.24, 2.45) is 0 Å². The summed E-state index contributed by atoms with van der Waals surface area (Å²) < 4.78 is 5.59. The summed E-state index contributed by atoms with van der Waals surface area (Å²) in [5.74, 6) is 0. The molecule has 0 spiro atoms. The van der Waals surface area contributed by atoms with Crippen LogP contribution in [0.4, 0.5) is 0 Å². The van der Waals surface area contributed by atoms with Crippen LogP contribution in [0.25, 0.3) is 0 Å². The van der Waals surface area contributed by atoms with Gasteiger partial charge in [0.2, 0.25) is 0 Å². The fraction of sp³-hybridized carbons (Fsp3) is 1.00. The Hall–Kier alpha value is -0.120. The van der Waals surface area contributed by atoms with E-state index in [0.717, 1.165) is 39.4 Å². The van der Waals surface area contributed by atoms with Crippen LogP contribution in [0.2, 0.25) is 0 Å². The number of rotatable bonds is 11. The van der Waals surface area contributed by atoms with Gasteiger partial charge in [0.25, 0.3) is 0 Å². The highest BCUT2D eigenvalue weighted by molar-refractivity contribution is 4.50. The van der Waals surface area contributed by atoms with Crippen LogP contribution in [0.5, 0.6) is 0 Å². The highest BCUT2D eigenvalue weighted by Gasteiger charge is 1.97. The van der Waals surface area contributed by atoms with E-state index in [1.54, 1.807) is 0 Å². The molecule has 92 valence electrons. The van der Waals surface area contributed by atoms with Crippen molar-refractivity contribution < 1.29 is 4.74 Å². The molecule has 0 fully saturated rings. The predicted octanol–water partition coefficient (Wildman–Crippen LogP) is 1.73. The summed E-state index contributed by atoms with van der Waals surface area (Å²) >= 11 is 0. The Labute approximate surface area is 95.2 Å². The van der Waals surface area contributed by atoms with Crippen molar-refractivity contribution in [3.63, 3.8) is 0 Å². The van der Waals surface area contributed by atoms with Gasteiger partial charge in [-0.1, -0.05) is 13.8 Å². The molecule has 0 heterocycles. The third-order valence-corrected chi connectivity index (χ3v) is 2.66.